The highest BCUT2D eigenvalue weighted by atomic mass is 32.2. The van der Waals surface area contributed by atoms with Crippen molar-refractivity contribution >= 4 is 32.7 Å². The molecule has 0 aliphatic heterocycles. The van der Waals surface area contributed by atoms with Crippen LogP contribution in [0.3, 0.4) is 0 Å². The Hall–Kier alpha value is -3.85. The number of aromatic nitrogens is 2. The Morgan fingerprint density at radius 3 is 2.55 bits per heavy atom. The standard InChI is InChI=1S/C24H24N4O4S/c1-15-12-13-17(14-22(15)33(30,31)28-20-10-6-7-11-21(20)32-3)24(29)25-16(2)23-26-18-8-4-5-9-19(18)27-23/h4-14,16,28H,1-3H3,(H,25,29)(H,26,27). The number of rotatable bonds is 7. The van der Waals surface area contributed by atoms with Crippen molar-refractivity contribution in [1.82, 2.24) is 15.3 Å². The highest BCUT2D eigenvalue weighted by Gasteiger charge is 2.22. The Kier molecular flexibility index (Phi) is 6.06. The Balaban J connectivity index is 1.57. The third-order valence-corrected chi connectivity index (χ3v) is 6.76. The number of hydrogen-bond acceptors (Lipinski definition) is 5. The summed E-state index contributed by atoms with van der Waals surface area (Å²) in [4.78, 5) is 20.6. The number of benzene rings is 3. The van der Waals surface area contributed by atoms with Crippen molar-refractivity contribution in [3.8, 4) is 5.75 Å². The highest BCUT2D eigenvalue weighted by Crippen LogP contribution is 2.27. The second-order valence-electron chi connectivity index (χ2n) is 7.62. The molecule has 1 atom stereocenters. The van der Waals surface area contributed by atoms with Gasteiger partial charge in [0.1, 0.15) is 11.6 Å². The van der Waals surface area contributed by atoms with Gasteiger partial charge in [-0.05, 0) is 55.8 Å². The molecule has 9 heteroatoms. The van der Waals surface area contributed by atoms with Crippen molar-refractivity contribution < 1.29 is 17.9 Å². The third-order valence-electron chi connectivity index (χ3n) is 5.26. The molecule has 0 radical (unpaired) electrons. The Morgan fingerprint density at radius 1 is 1.06 bits per heavy atom. The molecule has 1 amide bonds. The van der Waals surface area contributed by atoms with E-state index in [4.69, 9.17) is 4.74 Å². The fourth-order valence-corrected chi connectivity index (χ4v) is 4.83. The molecular formula is C24H24N4O4S. The third kappa shape index (κ3) is 4.68. The number of H-pyrrole nitrogens is 1. The summed E-state index contributed by atoms with van der Waals surface area (Å²) in [6.07, 6.45) is 0. The lowest BCUT2D eigenvalue weighted by Crippen LogP contribution is -2.27. The number of aryl methyl sites for hydroxylation is 1. The van der Waals surface area contributed by atoms with E-state index >= 15 is 0 Å². The van der Waals surface area contributed by atoms with Crippen LogP contribution in [0.25, 0.3) is 11.0 Å². The van der Waals surface area contributed by atoms with Crippen molar-refractivity contribution in [2.75, 3.05) is 11.8 Å². The van der Waals surface area contributed by atoms with Gasteiger partial charge in [-0.2, -0.15) is 0 Å². The van der Waals surface area contributed by atoms with Gasteiger partial charge in [0.05, 0.1) is 34.8 Å². The van der Waals surface area contributed by atoms with E-state index in [1.165, 1.54) is 13.2 Å². The monoisotopic (exact) mass is 464 g/mol. The van der Waals surface area contributed by atoms with Crippen LogP contribution in [0.15, 0.2) is 71.6 Å². The van der Waals surface area contributed by atoms with Gasteiger partial charge in [-0.1, -0.05) is 30.3 Å². The van der Waals surface area contributed by atoms with Crippen molar-refractivity contribution in [1.29, 1.82) is 0 Å². The lowest BCUT2D eigenvalue weighted by molar-refractivity contribution is 0.0938. The molecule has 170 valence electrons. The summed E-state index contributed by atoms with van der Waals surface area (Å²) in [6.45, 7) is 3.49. The second kappa shape index (κ2) is 8.95. The largest absolute Gasteiger partial charge is 0.495 e. The number of amides is 1. The number of anilines is 1. The van der Waals surface area contributed by atoms with Crippen LogP contribution in [0.5, 0.6) is 5.75 Å². The first kappa shape index (κ1) is 22.3. The van der Waals surface area contributed by atoms with Crippen LogP contribution >= 0.6 is 0 Å². The SMILES string of the molecule is COc1ccccc1NS(=O)(=O)c1cc(C(=O)NC(C)c2nc3ccccc3[nH]2)ccc1C. The second-order valence-corrected chi connectivity index (χ2v) is 9.27. The van der Waals surface area contributed by atoms with Gasteiger partial charge in [0.15, 0.2) is 0 Å². The summed E-state index contributed by atoms with van der Waals surface area (Å²) in [6, 6.07) is 18.5. The van der Waals surface area contributed by atoms with Gasteiger partial charge in [-0.15, -0.1) is 0 Å². The quantitative estimate of drug-likeness (QED) is 0.380. The zero-order valence-electron chi connectivity index (χ0n) is 18.4. The first-order valence-corrected chi connectivity index (χ1v) is 11.8. The molecule has 33 heavy (non-hydrogen) atoms. The van der Waals surface area contributed by atoms with Gasteiger partial charge < -0.3 is 15.0 Å². The Labute approximate surface area is 192 Å². The number of carbonyl (C=O) groups is 1. The van der Waals surface area contributed by atoms with Crippen LogP contribution in [-0.4, -0.2) is 31.4 Å². The van der Waals surface area contributed by atoms with E-state index in [0.29, 0.717) is 22.8 Å². The molecule has 0 saturated heterocycles. The molecule has 8 nitrogen and oxygen atoms in total. The summed E-state index contributed by atoms with van der Waals surface area (Å²) < 4.78 is 34.0. The predicted octanol–water partition coefficient (Wildman–Crippen LogP) is 4.17. The van der Waals surface area contributed by atoms with Crippen molar-refractivity contribution in [2.24, 2.45) is 0 Å². The number of sulfonamides is 1. The smallest absolute Gasteiger partial charge is 0.262 e. The summed E-state index contributed by atoms with van der Waals surface area (Å²) in [5.41, 5.74) is 2.73. The molecular weight excluding hydrogens is 440 g/mol. The summed E-state index contributed by atoms with van der Waals surface area (Å²) in [5, 5.41) is 2.87. The zero-order chi connectivity index (χ0) is 23.6. The molecule has 4 rings (SSSR count). The maximum absolute atomic E-state index is 13.1. The van der Waals surface area contributed by atoms with E-state index in [9.17, 15) is 13.2 Å². The summed E-state index contributed by atoms with van der Waals surface area (Å²) in [5.74, 6) is 0.603. The number of imidazole rings is 1. The summed E-state index contributed by atoms with van der Waals surface area (Å²) >= 11 is 0. The average molecular weight is 465 g/mol. The maximum atomic E-state index is 13.1. The number of ether oxygens (including phenoxy) is 1. The number of carbonyl (C=O) groups excluding carboxylic acids is 1. The van der Waals surface area contributed by atoms with E-state index in [-0.39, 0.29) is 10.5 Å². The number of nitrogens with one attached hydrogen (secondary N) is 3. The molecule has 0 saturated carbocycles. The van der Waals surface area contributed by atoms with Crippen LogP contribution in [0, 0.1) is 6.92 Å². The molecule has 0 aliphatic carbocycles. The molecule has 0 bridgehead atoms. The Morgan fingerprint density at radius 2 is 1.79 bits per heavy atom. The fraction of sp³-hybridized carbons (Fsp3) is 0.167. The number of para-hydroxylation sites is 4. The Bertz CT molecular complexity index is 1400. The van der Waals surface area contributed by atoms with E-state index < -0.39 is 22.0 Å². The van der Waals surface area contributed by atoms with Crippen molar-refractivity contribution in [3.63, 3.8) is 0 Å². The number of methoxy groups -OCH3 is 1. The molecule has 1 aromatic heterocycles. The van der Waals surface area contributed by atoms with Crippen molar-refractivity contribution in [2.45, 2.75) is 24.8 Å². The minimum atomic E-state index is -3.96. The van der Waals surface area contributed by atoms with E-state index in [1.54, 1.807) is 43.3 Å². The lowest BCUT2D eigenvalue weighted by atomic mass is 10.1. The normalized spacial score (nSPS) is 12.3. The lowest BCUT2D eigenvalue weighted by Gasteiger charge is -2.15. The number of hydrogen-bond donors (Lipinski definition) is 3. The average Bonchev–Trinajstić information content (AvgIpc) is 3.24. The van der Waals surface area contributed by atoms with Crippen LogP contribution in [0.4, 0.5) is 5.69 Å². The zero-order valence-corrected chi connectivity index (χ0v) is 19.2. The predicted molar refractivity (Wildman–Crippen MR) is 127 cm³/mol. The number of nitrogens with zero attached hydrogens (tertiary/aromatic N) is 1. The molecule has 1 unspecified atom stereocenters. The van der Waals surface area contributed by atoms with Crippen LogP contribution in [0.2, 0.25) is 0 Å². The molecule has 4 aromatic rings. The van der Waals surface area contributed by atoms with Crippen LogP contribution < -0.4 is 14.8 Å². The first-order valence-electron chi connectivity index (χ1n) is 10.3. The summed E-state index contributed by atoms with van der Waals surface area (Å²) in [7, 11) is -2.49. The molecule has 0 aliphatic rings. The first-order chi connectivity index (χ1) is 15.8. The van der Waals surface area contributed by atoms with Gasteiger partial charge in [-0.3, -0.25) is 9.52 Å². The highest BCUT2D eigenvalue weighted by molar-refractivity contribution is 7.92. The van der Waals surface area contributed by atoms with Gasteiger partial charge in [0.25, 0.3) is 15.9 Å². The molecule has 0 fully saturated rings. The minimum absolute atomic E-state index is 0.0115. The van der Waals surface area contributed by atoms with Crippen molar-refractivity contribution in [3.05, 3.63) is 83.7 Å². The molecule has 0 spiro atoms. The maximum Gasteiger partial charge on any atom is 0.262 e. The topological polar surface area (TPSA) is 113 Å². The van der Waals surface area contributed by atoms with Gasteiger partial charge >= 0.3 is 0 Å². The molecule has 3 aromatic carbocycles. The number of fused-ring (bicyclic) bond motifs is 1. The van der Waals surface area contributed by atoms with Gasteiger partial charge in [-0.25, -0.2) is 13.4 Å². The van der Waals surface area contributed by atoms with Gasteiger partial charge in [0, 0.05) is 5.56 Å². The van der Waals surface area contributed by atoms with Crippen LogP contribution in [-0.2, 0) is 10.0 Å². The van der Waals surface area contributed by atoms with E-state index in [0.717, 1.165) is 11.0 Å². The molecule has 1 heterocycles. The fourth-order valence-electron chi connectivity index (χ4n) is 3.49. The molecule has 3 N–H and O–H groups in total. The minimum Gasteiger partial charge on any atom is -0.495 e. The van der Waals surface area contributed by atoms with E-state index in [2.05, 4.69) is 20.0 Å². The number of aromatic amines is 1. The van der Waals surface area contributed by atoms with E-state index in [1.807, 2.05) is 31.2 Å². The van der Waals surface area contributed by atoms with Crippen LogP contribution in [0.1, 0.15) is 34.7 Å². The van der Waals surface area contributed by atoms with Gasteiger partial charge in [0.2, 0.25) is 0 Å².